The number of benzene rings is 2. The SMILES string of the molecule is Cc1ccc(C2CCCN2S(=O)(=O)c2ccc3c(c2)n(C)c(=O)c(=O)n3C)cc1. The number of aryl methyl sites for hydroxylation is 3. The van der Waals surface area contributed by atoms with Gasteiger partial charge in [-0.15, -0.1) is 0 Å². The topological polar surface area (TPSA) is 81.4 Å². The van der Waals surface area contributed by atoms with Crippen LogP contribution in [0.1, 0.15) is 30.0 Å². The second-order valence-corrected chi connectivity index (χ2v) is 9.45. The summed E-state index contributed by atoms with van der Waals surface area (Å²) in [5.74, 6) is 0. The van der Waals surface area contributed by atoms with Crippen LogP contribution in [0.15, 0.2) is 56.9 Å². The summed E-state index contributed by atoms with van der Waals surface area (Å²) < 4.78 is 30.9. The van der Waals surface area contributed by atoms with Gasteiger partial charge in [-0.2, -0.15) is 4.31 Å². The number of rotatable bonds is 3. The summed E-state index contributed by atoms with van der Waals surface area (Å²) in [7, 11) is -0.772. The van der Waals surface area contributed by atoms with Gasteiger partial charge >= 0.3 is 11.1 Å². The van der Waals surface area contributed by atoms with Crippen molar-refractivity contribution in [1.82, 2.24) is 13.4 Å². The Morgan fingerprint density at radius 2 is 1.52 bits per heavy atom. The van der Waals surface area contributed by atoms with Crippen molar-refractivity contribution in [2.45, 2.75) is 30.7 Å². The van der Waals surface area contributed by atoms with Gasteiger partial charge in [-0.05, 0) is 43.5 Å². The summed E-state index contributed by atoms with van der Waals surface area (Å²) in [5, 5.41) is 0. The molecule has 7 nitrogen and oxygen atoms in total. The minimum Gasteiger partial charge on any atom is -0.305 e. The largest absolute Gasteiger partial charge is 0.316 e. The minimum atomic E-state index is -3.76. The van der Waals surface area contributed by atoms with E-state index in [-0.39, 0.29) is 10.9 Å². The first-order valence-electron chi connectivity index (χ1n) is 9.50. The van der Waals surface area contributed by atoms with E-state index in [1.165, 1.54) is 35.4 Å². The van der Waals surface area contributed by atoms with E-state index in [0.29, 0.717) is 17.6 Å². The average Bonchev–Trinajstić information content (AvgIpc) is 3.21. The first-order valence-corrected chi connectivity index (χ1v) is 10.9. The molecular formula is C21H23N3O4S. The molecule has 0 bridgehead atoms. The van der Waals surface area contributed by atoms with Crippen molar-refractivity contribution in [3.63, 3.8) is 0 Å². The van der Waals surface area contributed by atoms with E-state index >= 15 is 0 Å². The molecule has 0 saturated carbocycles. The van der Waals surface area contributed by atoms with Gasteiger partial charge in [-0.25, -0.2) is 8.42 Å². The molecule has 0 N–H and O–H groups in total. The average molecular weight is 413 g/mol. The zero-order chi connectivity index (χ0) is 20.9. The Bertz CT molecular complexity index is 1320. The quantitative estimate of drug-likeness (QED) is 0.616. The third-order valence-corrected chi connectivity index (χ3v) is 7.64. The van der Waals surface area contributed by atoms with Gasteiger partial charge in [0.15, 0.2) is 0 Å². The predicted octanol–water partition coefficient (Wildman–Crippen LogP) is 2.07. The standard InChI is InChI=1S/C21H23N3O4S/c1-14-6-8-15(9-7-14)17-5-4-12-24(17)29(27,28)16-10-11-18-19(13-16)23(3)21(26)20(25)22(18)2/h6-11,13,17H,4-5,12H2,1-3H3. The lowest BCUT2D eigenvalue weighted by Gasteiger charge is -2.25. The second kappa shape index (κ2) is 6.96. The van der Waals surface area contributed by atoms with Gasteiger partial charge in [0.25, 0.3) is 0 Å². The molecule has 152 valence electrons. The van der Waals surface area contributed by atoms with Crippen LogP contribution in [0.2, 0.25) is 0 Å². The summed E-state index contributed by atoms with van der Waals surface area (Å²) in [5.41, 5.74) is 1.69. The maximum atomic E-state index is 13.4. The Morgan fingerprint density at radius 1 is 0.897 bits per heavy atom. The highest BCUT2D eigenvalue weighted by Crippen LogP contribution is 2.37. The Morgan fingerprint density at radius 3 is 2.17 bits per heavy atom. The third-order valence-electron chi connectivity index (χ3n) is 5.73. The smallest absolute Gasteiger partial charge is 0.305 e. The highest BCUT2D eigenvalue weighted by Gasteiger charge is 2.36. The van der Waals surface area contributed by atoms with Crippen LogP contribution in [0.3, 0.4) is 0 Å². The molecule has 1 aromatic heterocycles. The number of hydrogen-bond donors (Lipinski definition) is 0. The van der Waals surface area contributed by atoms with Crippen molar-refractivity contribution in [2.24, 2.45) is 14.1 Å². The van der Waals surface area contributed by atoms with Crippen molar-refractivity contribution in [3.05, 3.63) is 74.3 Å². The molecule has 1 fully saturated rings. The number of sulfonamides is 1. The van der Waals surface area contributed by atoms with Gasteiger partial charge in [0.05, 0.1) is 22.0 Å². The molecule has 0 aliphatic carbocycles. The zero-order valence-electron chi connectivity index (χ0n) is 16.6. The summed E-state index contributed by atoms with van der Waals surface area (Å²) in [6.07, 6.45) is 1.56. The van der Waals surface area contributed by atoms with Crippen LogP contribution < -0.4 is 11.1 Å². The van der Waals surface area contributed by atoms with E-state index in [2.05, 4.69) is 0 Å². The number of fused-ring (bicyclic) bond motifs is 1. The highest BCUT2D eigenvalue weighted by atomic mass is 32.2. The maximum absolute atomic E-state index is 13.4. The summed E-state index contributed by atoms with van der Waals surface area (Å²) in [4.78, 5) is 24.3. The van der Waals surface area contributed by atoms with Crippen molar-refractivity contribution < 1.29 is 8.42 Å². The van der Waals surface area contributed by atoms with Crippen LogP contribution in [0.4, 0.5) is 0 Å². The fourth-order valence-electron chi connectivity index (χ4n) is 4.01. The fourth-order valence-corrected chi connectivity index (χ4v) is 5.71. The third kappa shape index (κ3) is 3.12. The van der Waals surface area contributed by atoms with Crippen LogP contribution in [0.25, 0.3) is 11.0 Å². The van der Waals surface area contributed by atoms with E-state index in [1.54, 1.807) is 10.4 Å². The van der Waals surface area contributed by atoms with Crippen molar-refractivity contribution in [1.29, 1.82) is 0 Å². The number of hydrogen-bond acceptors (Lipinski definition) is 4. The van der Waals surface area contributed by atoms with Crippen LogP contribution in [0, 0.1) is 6.92 Å². The van der Waals surface area contributed by atoms with Gasteiger partial charge in [0, 0.05) is 20.6 Å². The van der Waals surface area contributed by atoms with Crippen molar-refractivity contribution >= 4 is 21.1 Å². The molecule has 0 amide bonds. The molecule has 8 heteroatoms. The van der Waals surface area contributed by atoms with Crippen LogP contribution in [-0.4, -0.2) is 28.4 Å². The lowest BCUT2D eigenvalue weighted by Crippen LogP contribution is -2.39. The van der Waals surface area contributed by atoms with Crippen molar-refractivity contribution in [3.8, 4) is 0 Å². The molecule has 1 atom stereocenters. The molecule has 1 unspecified atom stereocenters. The number of aromatic nitrogens is 2. The normalized spacial score (nSPS) is 17.8. The van der Waals surface area contributed by atoms with E-state index in [4.69, 9.17) is 0 Å². The van der Waals surface area contributed by atoms with Gasteiger partial charge in [-0.1, -0.05) is 29.8 Å². The molecule has 1 saturated heterocycles. The molecule has 2 heterocycles. The Hall–Kier alpha value is -2.71. The molecule has 3 aromatic rings. The molecular weight excluding hydrogens is 390 g/mol. The van der Waals surface area contributed by atoms with Gasteiger partial charge in [-0.3, -0.25) is 9.59 Å². The monoisotopic (exact) mass is 413 g/mol. The Balaban J connectivity index is 1.83. The molecule has 4 rings (SSSR count). The molecule has 0 spiro atoms. The number of nitrogens with zero attached hydrogens (tertiary/aromatic N) is 3. The lowest BCUT2D eigenvalue weighted by molar-refractivity contribution is 0.396. The van der Waals surface area contributed by atoms with E-state index < -0.39 is 21.1 Å². The maximum Gasteiger partial charge on any atom is 0.316 e. The van der Waals surface area contributed by atoms with Gasteiger partial charge in [0.1, 0.15) is 0 Å². The van der Waals surface area contributed by atoms with E-state index in [1.807, 2.05) is 31.2 Å². The Kier molecular flexibility index (Phi) is 4.71. The van der Waals surface area contributed by atoms with Crippen molar-refractivity contribution in [2.75, 3.05) is 6.54 Å². The van der Waals surface area contributed by atoms with E-state index in [9.17, 15) is 18.0 Å². The molecule has 0 radical (unpaired) electrons. The molecule has 2 aromatic carbocycles. The first kappa shape index (κ1) is 19.6. The summed E-state index contributed by atoms with van der Waals surface area (Å²) in [6.45, 7) is 2.45. The van der Waals surface area contributed by atoms with Gasteiger partial charge in [0.2, 0.25) is 10.0 Å². The molecule has 1 aliphatic rings. The van der Waals surface area contributed by atoms with Gasteiger partial charge < -0.3 is 9.13 Å². The Labute approximate surface area is 168 Å². The second-order valence-electron chi connectivity index (χ2n) is 7.56. The van der Waals surface area contributed by atoms with Crippen LogP contribution >= 0.6 is 0 Å². The minimum absolute atomic E-state index is 0.123. The zero-order valence-corrected chi connectivity index (χ0v) is 17.4. The lowest BCUT2D eigenvalue weighted by atomic mass is 10.0. The van der Waals surface area contributed by atoms with E-state index in [0.717, 1.165) is 24.0 Å². The van der Waals surface area contributed by atoms with Crippen LogP contribution in [-0.2, 0) is 24.1 Å². The first-order chi connectivity index (χ1) is 13.7. The predicted molar refractivity (Wildman–Crippen MR) is 111 cm³/mol. The summed E-state index contributed by atoms with van der Waals surface area (Å²) >= 11 is 0. The summed E-state index contributed by atoms with van der Waals surface area (Å²) in [6, 6.07) is 12.3. The molecule has 1 aliphatic heterocycles. The highest BCUT2D eigenvalue weighted by molar-refractivity contribution is 7.89. The molecule has 29 heavy (non-hydrogen) atoms. The van der Waals surface area contributed by atoms with Crippen LogP contribution in [0.5, 0.6) is 0 Å². The fraction of sp³-hybridized carbons (Fsp3) is 0.333.